The average Bonchev–Trinajstić information content (AvgIpc) is 2.50. The molecule has 0 fully saturated rings. The first-order chi connectivity index (χ1) is 10.5. The van der Waals surface area contributed by atoms with Gasteiger partial charge in [0.05, 0.1) is 5.02 Å². The highest BCUT2D eigenvalue weighted by atomic mass is 35.5. The molecule has 3 rings (SSSR count). The van der Waals surface area contributed by atoms with E-state index in [1.807, 2.05) is 24.3 Å². The van der Waals surface area contributed by atoms with Gasteiger partial charge in [0.15, 0.2) is 5.75 Å². The molecule has 0 amide bonds. The van der Waals surface area contributed by atoms with E-state index in [0.717, 1.165) is 5.39 Å². The van der Waals surface area contributed by atoms with Crippen LogP contribution in [-0.2, 0) is 10.1 Å². The van der Waals surface area contributed by atoms with E-state index in [1.165, 1.54) is 18.2 Å². The minimum absolute atomic E-state index is 0.0598. The Balaban J connectivity index is 2.09. The first-order valence-electron chi connectivity index (χ1n) is 6.35. The first-order valence-corrected chi connectivity index (χ1v) is 8.51. The molecule has 0 N–H and O–H groups in total. The molecule has 6 heteroatoms. The lowest BCUT2D eigenvalue weighted by molar-refractivity contribution is 0.489. The molecule has 0 spiro atoms. The van der Waals surface area contributed by atoms with Crippen molar-refractivity contribution < 1.29 is 12.6 Å². The molecular formula is C16H10Cl2O3S. The normalized spacial score (nSPS) is 11.5. The van der Waals surface area contributed by atoms with E-state index in [-0.39, 0.29) is 20.7 Å². The van der Waals surface area contributed by atoms with E-state index in [1.54, 1.807) is 18.2 Å². The molecule has 0 atom stereocenters. The molecule has 3 aromatic rings. The van der Waals surface area contributed by atoms with Gasteiger partial charge in [-0.25, -0.2) is 0 Å². The van der Waals surface area contributed by atoms with Crippen LogP contribution in [0, 0.1) is 0 Å². The van der Waals surface area contributed by atoms with Crippen molar-refractivity contribution in [2.24, 2.45) is 0 Å². The zero-order chi connectivity index (χ0) is 15.7. The Morgan fingerprint density at radius 2 is 1.59 bits per heavy atom. The molecule has 0 aliphatic rings. The van der Waals surface area contributed by atoms with Gasteiger partial charge in [-0.2, -0.15) is 8.42 Å². The van der Waals surface area contributed by atoms with Gasteiger partial charge in [-0.3, -0.25) is 0 Å². The molecule has 0 saturated carbocycles. The van der Waals surface area contributed by atoms with Crippen LogP contribution in [0.2, 0.25) is 10.0 Å². The van der Waals surface area contributed by atoms with E-state index < -0.39 is 10.1 Å². The van der Waals surface area contributed by atoms with Gasteiger partial charge in [-0.15, -0.1) is 0 Å². The Morgan fingerprint density at radius 3 is 2.41 bits per heavy atom. The van der Waals surface area contributed by atoms with Crippen LogP contribution in [0.25, 0.3) is 10.8 Å². The summed E-state index contributed by atoms with van der Waals surface area (Å²) in [6, 6.07) is 16.8. The van der Waals surface area contributed by atoms with Crippen LogP contribution in [0.15, 0.2) is 65.6 Å². The Kier molecular flexibility index (Phi) is 4.00. The SMILES string of the molecule is O=S(=O)(Oc1cccc2ccccc12)c1cc(Cl)ccc1Cl. The molecular weight excluding hydrogens is 343 g/mol. The van der Waals surface area contributed by atoms with Crippen LogP contribution in [0.5, 0.6) is 5.75 Å². The lowest BCUT2D eigenvalue weighted by Gasteiger charge is -2.11. The molecule has 3 aromatic carbocycles. The van der Waals surface area contributed by atoms with Gasteiger partial charge in [-0.1, -0.05) is 59.6 Å². The Hall–Kier alpha value is -1.75. The van der Waals surface area contributed by atoms with Crippen molar-refractivity contribution in [1.82, 2.24) is 0 Å². The molecule has 0 aliphatic heterocycles. The fourth-order valence-electron chi connectivity index (χ4n) is 2.10. The van der Waals surface area contributed by atoms with Gasteiger partial charge in [0.2, 0.25) is 0 Å². The van der Waals surface area contributed by atoms with Gasteiger partial charge in [-0.05, 0) is 29.7 Å². The lowest BCUT2D eigenvalue weighted by Crippen LogP contribution is -2.10. The third-order valence-electron chi connectivity index (χ3n) is 3.11. The van der Waals surface area contributed by atoms with E-state index >= 15 is 0 Å². The maximum atomic E-state index is 12.5. The summed E-state index contributed by atoms with van der Waals surface area (Å²) in [4.78, 5) is -0.158. The zero-order valence-corrected chi connectivity index (χ0v) is 13.5. The lowest BCUT2D eigenvalue weighted by atomic mass is 10.1. The van der Waals surface area contributed by atoms with Gasteiger partial charge in [0.25, 0.3) is 0 Å². The van der Waals surface area contributed by atoms with Crippen LogP contribution < -0.4 is 4.18 Å². The number of rotatable bonds is 3. The summed E-state index contributed by atoms with van der Waals surface area (Å²) < 4.78 is 30.2. The summed E-state index contributed by atoms with van der Waals surface area (Å²) in [7, 11) is -4.07. The second-order valence-corrected chi connectivity index (χ2v) is 6.95. The summed E-state index contributed by atoms with van der Waals surface area (Å²) in [5.74, 6) is 0.245. The van der Waals surface area contributed by atoms with Gasteiger partial charge in [0.1, 0.15) is 4.90 Å². The van der Waals surface area contributed by atoms with Crippen LogP contribution in [0.3, 0.4) is 0 Å². The molecule has 0 heterocycles. The molecule has 0 radical (unpaired) electrons. The third-order valence-corrected chi connectivity index (χ3v) is 5.06. The zero-order valence-electron chi connectivity index (χ0n) is 11.2. The number of fused-ring (bicyclic) bond motifs is 1. The van der Waals surface area contributed by atoms with Crippen LogP contribution in [0.1, 0.15) is 0 Å². The maximum absolute atomic E-state index is 12.5. The molecule has 112 valence electrons. The quantitative estimate of drug-likeness (QED) is 0.628. The monoisotopic (exact) mass is 352 g/mol. The van der Waals surface area contributed by atoms with Crippen LogP contribution in [-0.4, -0.2) is 8.42 Å². The number of benzene rings is 3. The fourth-order valence-corrected chi connectivity index (χ4v) is 3.79. The Labute approximate surface area is 138 Å². The molecule has 0 aromatic heterocycles. The van der Waals surface area contributed by atoms with Crippen LogP contribution in [0.4, 0.5) is 0 Å². The van der Waals surface area contributed by atoms with Crippen molar-refractivity contribution in [3.05, 3.63) is 70.7 Å². The van der Waals surface area contributed by atoms with Gasteiger partial charge in [0, 0.05) is 10.4 Å². The highest BCUT2D eigenvalue weighted by Gasteiger charge is 2.21. The van der Waals surface area contributed by atoms with E-state index in [9.17, 15) is 8.42 Å². The standard InChI is InChI=1S/C16H10Cl2O3S/c17-12-8-9-14(18)16(10-12)22(19,20)21-15-7-3-5-11-4-1-2-6-13(11)15/h1-10H. The summed E-state index contributed by atoms with van der Waals surface area (Å²) in [5.41, 5.74) is 0. The van der Waals surface area contributed by atoms with Gasteiger partial charge < -0.3 is 4.18 Å². The number of halogens is 2. The fraction of sp³-hybridized carbons (Fsp3) is 0. The molecule has 0 bridgehead atoms. The summed E-state index contributed by atoms with van der Waals surface area (Å²) in [5, 5.41) is 1.91. The van der Waals surface area contributed by atoms with Crippen molar-refractivity contribution in [2.75, 3.05) is 0 Å². The van der Waals surface area contributed by atoms with Gasteiger partial charge >= 0.3 is 10.1 Å². The van der Waals surface area contributed by atoms with Crippen molar-refractivity contribution in [1.29, 1.82) is 0 Å². The molecule has 0 saturated heterocycles. The van der Waals surface area contributed by atoms with Crippen molar-refractivity contribution in [3.63, 3.8) is 0 Å². The molecule has 3 nitrogen and oxygen atoms in total. The maximum Gasteiger partial charge on any atom is 0.340 e. The third kappa shape index (κ3) is 2.90. The minimum Gasteiger partial charge on any atom is -0.378 e. The Bertz CT molecular complexity index is 947. The smallest absolute Gasteiger partial charge is 0.340 e. The summed E-state index contributed by atoms with van der Waals surface area (Å²) in [6.45, 7) is 0. The largest absolute Gasteiger partial charge is 0.378 e. The minimum atomic E-state index is -4.07. The van der Waals surface area contributed by atoms with Crippen molar-refractivity contribution >= 4 is 44.1 Å². The van der Waals surface area contributed by atoms with Crippen molar-refractivity contribution in [3.8, 4) is 5.75 Å². The molecule has 0 unspecified atom stereocenters. The average molecular weight is 353 g/mol. The first kappa shape index (κ1) is 15.2. The summed E-state index contributed by atoms with van der Waals surface area (Å²) >= 11 is 11.8. The second kappa shape index (κ2) is 5.80. The predicted molar refractivity (Wildman–Crippen MR) is 88.2 cm³/mol. The van der Waals surface area contributed by atoms with Crippen LogP contribution >= 0.6 is 23.2 Å². The molecule has 0 aliphatic carbocycles. The Morgan fingerprint density at radius 1 is 0.864 bits per heavy atom. The van der Waals surface area contributed by atoms with E-state index in [4.69, 9.17) is 27.4 Å². The van der Waals surface area contributed by atoms with Crippen molar-refractivity contribution in [2.45, 2.75) is 4.90 Å². The van der Waals surface area contributed by atoms with E-state index in [2.05, 4.69) is 0 Å². The number of hydrogen-bond acceptors (Lipinski definition) is 3. The number of hydrogen-bond donors (Lipinski definition) is 0. The highest BCUT2D eigenvalue weighted by Crippen LogP contribution is 2.31. The van der Waals surface area contributed by atoms with E-state index in [0.29, 0.717) is 5.39 Å². The predicted octanol–water partition coefficient (Wildman–Crippen LogP) is 4.91. The highest BCUT2D eigenvalue weighted by molar-refractivity contribution is 7.87. The summed E-state index contributed by atoms with van der Waals surface area (Å²) in [6.07, 6.45) is 0. The molecule has 22 heavy (non-hydrogen) atoms. The second-order valence-electron chi connectivity index (χ2n) is 4.59. The topological polar surface area (TPSA) is 43.4 Å².